The van der Waals surface area contributed by atoms with Crippen molar-refractivity contribution in [3.8, 4) is 0 Å². The van der Waals surface area contributed by atoms with Gasteiger partial charge in [-0.15, -0.1) is 0 Å². The fraction of sp³-hybridized carbons (Fsp3) is 0.960. The molecule has 0 amide bonds. The molecule has 0 atom stereocenters. The Bertz CT molecular complexity index is 443. The Hall–Kier alpha value is -0.660. The Morgan fingerprint density at radius 3 is 0.596 bits per heavy atom. The maximum Gasteiger partial charge on any atom is 0.132 e. The summed E-state index contributed by atoms with van der Waals surface area (Å²) in [6.07, 6.45) is 35.2. The summed E-state index contributed by atoms with van der Waals surface area (Å²) >= 11 is 0. The lowest BCUT2D eigenvalue weighted by atomic mass is 9.91. The van der Waals surface area contributed by atoms with E-state index in [-0.39, 0.29) is 86.0 Å². The van der Waals surface area contributed by atoms with Crippen LogP contribution in [0.15, 0.2) is 0 Å². The van der Waals surface area contributed by atoms with Crippen molar-refractivity contribution in [3.05, 3.63) is 0 Å². The van der Waals surface area contributed by atoms with Gasteiger partial charge in [0, 0.05) is 11.8 Å². The van der Waals surface area contributed by atoms with E-state index in [1.807, 2.05) is 13.8 Å². The van der Waals surface area contributed by atoms with Crippen LogP contribution in [0.1, 0.15) is 310 Å². The second kappa shape index (κ2) is 87.9. The van der Waals surface area contributed by atoms with Gasteiger partial charge in [0.2, 0.25) is 0 Å². The average Bonchev–Trinajstić information content (AvgIpc) is 2.97. The van der Waals surface area contributed by atoms with Gasteiger partial charge < -0.3 is 0 Å². The highest BCUT2D eigenvalue weighted by atomic mass is 16.1. The van der Waals surface area contributed by atoms with E-state index in [9.17, 15) is 9.59 Å². The SMILES string of the molecule is C.C.C.C.C.C.C.C.C.C.CC(=O)C(C)C.CCCCCCCC.CCCCCCCC.CCCCCCCCC(CCCCCCCC)C(C)=O. The summed E-state index contributed by atoms with van der Waals surface area (Å²) in [5.41, 5.74) is 0. The number of hydrogen-bond donors (Lipinski definition) is 0. The van der Waals surface area contributed by atoms with Crippen LogP contribution in [0.25, 0.3) is 0 Å². The number of Topliss-reactive ketones (excluding diaryl/α,β-unsaturated/α-hetero) is 2. The summed E-state index contributed by atoms with van der Waals surface area (Å²) in [5.74, 6) is 1.25. The summed E-state index contributed by atoms with van der Waals surface area (Å²) in [5, 5.41) is 0. The van der Waals surface area contributed by atoms with E-state index in [0.29, 0.717) is 11.7 Å². The molecule has 0 aliphatic rings. The summed E-state index contributed by atoms with van der Waals surface area (Å²) in [6.45, 7) is 20.7. The first-order chi connectivity index (χ1) is 20.2. The quantitative estimate of drug-likeness (QED) is 0.0824. The fourth-order valence-electron chi connectivity index (χ4n) is 4.60. The Kier molecular flexibility index (Phi) is 158. The minimum absolute atomic E-state index is 0. The van der Waals surface area contributed by atoms with Gasteiger partial charge in [0.1, 0.15) is 11.6 Å². The van der Waals surface area contributed by atoms with Gasteiger partial charge in [-0.1, -0.05) is 284 Å². The Labute approximate surface area is 342 Å². The molecule has 0 saturated carbocycles. The molecule has 0 aromatic carbocycles. The van der Waals surface area contributed by atoms with Crippen molar-refractivity contribution in [3.63, 3.8) is 0 Å². The average molecular weight is 758 g/mol. The van der Waals surface area contributed by atoms with Gasteiger partial charge in [-0.05, 0) is 26.7 Å². The molecule has 52 heavy (non-hydrogen) atoms. The lowest BCUT2D eigenvalue weighted by Crippen LogP contribution is -2.10. The molecule has 0 unspecified atom stereocenters. The highest BCUT2D eigenvalue weighted by Crippen LogP contribution is 2.20. The first kappa shape index (κ1) is 93.3. The van der Waals surface area contributed by atoms with Gasteiger partial charge in [0.25, 0.3) is 0 Å². The number of hydrogen-bond acceptors (Lipinski definition) is 2. The molecule has 0 rings (SSSR count). The largest absolute Gasteiger partial charge is 0.300 e. The van der Waals surface area contributed by atoms with E-state index >= 15 is 0 Å². The van der Waals surface area contributed by atoms with E-state index in [4.69, 9.17) is 0 Å². The number of carbonyl (C=O) groups excluding carboxylic acids is 2. The molecule has 0 aromatic heterocycles. The maximum atomic E-state index is 11.7. The van der Waals surface area contributed by atoms with Crippen molar-refractivity contribution in [1.29, 1.82) is 0 Å². The second-order valence-corrected chi connectivity index (χ2v) is 13.0. The number of unbranched alkanes of at least 4 members (excludes halogenated alkanes) is 20. The van der Waals surface area contributed by atoms with Gasteiger partial charge in [-0.2, -0.15) is 0 Å². The van der Waals surface area contributed by atoms with Crippen LogP contribution in [0.5, 0.6) is 0 Å². The molecule has 0 bridgehead atoms. The zero-order valence-electron chi connectivity index (χ0n) is 31.4. The molecule has 2 heteroatoms. The Balaban J connectivity index is -0.0000000323. The maximum absolute atomic E-state index is 11.7. The van der Waals surface area contributed by atoms with Crippen LogP contribution in [0, 0.1) is 11.8 Å². The van der Waals surface area contributed by atoms with E-state index < -0.39 is 0 Å². The molecule has 0 radical (unpaired) electrons. The van der Waals surface area contributed by atoms with Gasteiger partial charge in [0.05, 0.1) is 0 Å². The van der Waals surface area contributed by atoms with Gasteiger partial charge in [-0.25, -0.2) is 0 Å². The minimum atomic E-state index is 0. The summed E-state index contributed by atoms with van der Waals surface area (Å²) in [4.78, 5) is 21.8. The third-order valence-electron chi connectivity index (χ3n) is 8.11. The van der Waals surface area contributed by atoms with Crippen molar-refractivity contribution in [1.82, 2.24) is 0 Å². The van der Waals surface area contributed by atoms with Crippen LogP contribution in [-0.4, -0.2) is 11.6 Å². The highest BCUT2D eigenvalue weighted by molar-refractivity contribution is 5.78. The first-order valence-corrected chi connectivity index (χ1v) is 19.2. The molecule has 336 valence electrons. The van der Waals surface area contributed by atoms with Crippen LogP contribution in [0.3, 0.4) is 0 Å². The Morgan fingerprint density at radius 2 is 0.462 bits per heavy atom. The topological polar surface area (TPSA) is 34.1 Å². The lowest BCUT2D eigenvalue weighted by Gasteiger charge is -2.13. The van der Waals surface area contributed by atoms with Crippen LogP contribution in [-0.2, 0) is 9.59 Å². The Morgan fingerprint density at radius 1 is 0.308 bits per heavy atom. The molecule has 0 saturated heterocycles. The second-order valence-electron chi connectivity index (χ2n) is 13.0. The van der Waals surface area contributed by atoms with Crippen molar-refractivity contribution in [2.75, 3.05) is 0 Å². The predicted molar refractivity (Wildman–Crippen MR) is 261 cm³/mol. The monoisotopic (exact) mass is 757 g/mol. The molecule has 2 nitrogen and oxygen atoms in total. The molecule has 0 heterocycles. The van der Waals surface area contributed by atoms with Gasteiger partial charge in [-0.3, -0.25) is 9.59 Å². The smallest absolute Gasteiger partial charge is 0.132 e. The van der Waals surface area contributed by atoms with Crippen LogP contribution in [0.4, 0.5) is 0 Å². The molecule has 0 aromatic rings. The lowest BCUT2D eigenvalue weighted by molar-refractivity contribution is -0.121. The summed E-state index contributed by atoms with van der Waals surface area (Å²) in [6, 6.07) is 0. The third-order valence-corrected chi connectivity index (χ3v) is 8.11. The summed E-state index contributed by atoms with van der Waals surface area (Å²) < 4.78 is 0. The van der Waals surface area contributed by atoms with Crippen molar-refractivity contribution in [2.45, 2.75) is 310 Å². The molecular weight excluding hydrogens is 633 g/mol. The summed E-state index contributed by atoms with van der Waals surface area (Å²) in [7, 11) is 0. The zero-order chi connectivity index (χ0) is 32.7. The number of ketones is 2. The fourth-order valence-corrected chi connectivity index (χ4v) is 4.60. The molecule has 0 aliphatic heterocycles. The van der Waals surface area contributed by atoms with Crippen LogP contribution < -0.4 is 0 Å². The third kappa shape index (κ3) is 104. The van der Waals surface area contributed by atoms with E-state index in [2.05, 4.69) is 41.5 Å². The van der Waals surface area contributed by atoms with Crippen LogP contribution >= 0.6 is 0 Å². The molecule has 0 fully saturated rings. The minimum Gasteiger partial charge on any atom is -0.300 e. The van der Waals surface area contributed by atoms with Crippen LogP contribution in [0.2, 0.25) is 0 Å². The first-order valence-electron chi connectivity index (χ1n) is 19.2. The highest BCUT2D eigenvalue weighted by Gasteiger charge is 2.13. The van der Waals surface area contributed by atoms with Crippen molar-refractivity contribution in [2.24, 2.45) is 11.8 Å². The normalized spacial score (nSPS) is 8.38. The molecule has 0 aliphatic carbocycles. The molecule has 0 N–H and O–H groups in total. The predicted octanol–water partition coefficient (Wildman–Crippen LogP) is 21.0. The van der Waals surface area contributed by atoms with Gasteiger partial charge >= 0.3 is 0 Å². The van der Waals surface area contributed by atoms with Crippen molar-refractivity contribution >= 4 is 11.6 Å². The number of rotatable bonds is 26. The zero-order valence-corrected chi connectivity index (χ0v) is 31.4. The molecule has 0 spiro atoms. The van der Waals surface area contributed by atoms with Gasteiger partial charge in [0.15, 0.2) is 0 Å². The van der Waals surface area contributed by atoms with Crippen molar-refractivity contribution < 1.29 is 9.59 Å². The number of carbonyl (C=O) groups is 2. The standard InChI is InChI=1S/C19H38O.2C8H18.C5H10O.10CH4/c1-4-6-8-10-12-14-16-19(18(3)20)17-15-13-11-9-7-5-2;2*1-3-5-7-8-6-4-2;1-4(2)5(3)6;;;;;;;;;;/h19H,4-17H2,1-3H3;2*3-8H2,1-2H3;4H,1-3H3;10*1H4. The van der Waals surface area contributed by atoms with E-state index in [1.54, 1.807) is 13.8 Å². The molecular formula is C50H124O2. The van der Waals surface area contributed by atoms with E-state index in [1.165, 1.54) is 154 Å². The van der Waals surface area contributed by atoms with E-state index in [0.717, 1.165) is 12.8 Å².